The predicted molar refractivity (Wildman–Crippen MR) is 106 cm³/mol. The molecule has 0 aliphatic carbocycles. The summed E-state index contributed by atoms with van der Waals surface area (Å²) >= 11 is 6.21. The van der Waals surface area contributed by atoms with Gasteiger partial charge in [0.15, 0.2) is 6.10 Å². The number of pyridine rings is 1. The van der Waals surface area contributed by atoms with E-state index < -0.39 is 6.10 Å². The van der Waals surface area contributed by atoms with Crippen molar-refractivity contribution in [1.82, 2.24) is 10.3 Å². The topological polar surface area (TPSA) is 51.2 Å². The molecule has 140 valence electrons. The average molecular weight is 387 g/mol. The summed E-state index contributed by atoms with van der Waals surface area (Å²) < 4.78 is 19.1. The summed E-state index contributed by atoms with van der Waals surface area (Å²) in [6.45, 7) is 5.49. The van der Waals surface area contributed by atoms with Crippen LogP contribution < -0.4 is 10.1 Å². The second-order valence-corrected chi connectivity index (χ2v) is 6.99. The largest absolute Gasteiger partial charge is 0.481 e. The minimum Gasteiger partial charge on any atom is -0.481 e. The second-order valence-electron chi connectivity index (χ2n) is 6.59. The number of benzene rings is 2. The quantitative estimate of drug-likeness (QED) is 0.672. The number of hydrogen-bond donors (Lipinski definition) is 1. The van der Waals surface area contributed by atoms with Gasteiger partial charge in [-0.25, -0.2) is 4.39 Å². The van der Waals surface area contributed by atoms with E-state index in [0.29, 0.717) is 16.3 Å². The summed E-state index contributed by atoms with van der Waals surface area (Å²) in [5.41, 5.74) is 2.27. The van der Waals surface area contributed by atoms with Crippen molar-refractivity contribution >= 4 is 28.4 Å². The zero-order valence-electron chi connectivity index (χ0n) is 15.3. The van der Waals surface area contributed by atoms with Crippen molar-refractivity contribution in [2.24, 2.45) is 0 Å². The van der Waals surface area contributed by atoms with Gasteiger partial charge in [-0.2, -0.15) is 0 Å². The van der Waals surface area contributed by atoms with Gasteiger partial charge < -0.3 is 10.1 Å². The number of amides is 1. The lowest BCUT2D eigenvalue weighted by molar-refractivity contribution is -0.127. The SMILES string of the molecule is CC(C)NC(=O)C(C)Oc1ccc2c(-c3ccc(F)cc3Cl)ccnc2c1. The Hall–Kier alpha value is -2.66. The Balaban J connectivity index is 1.92. The highest BCUT2D eigenvalue weighted by molar-refractivity contribution is 6.33. The maximum absolute atomic E-state index is 13.3. The van der Waals surface area contributed by atoms with E-state index in [1.165, 1.54) is 12.1 Å². The molecule has 3 rings (SSSR count). The van der Waals surface area contributed by atoms with Crippen molar-refractivity contribution < 1.29 is 13.9 Å². The maximum Gasteiger partial charge on any atom is 0.260 e. The van der Waals surface area contributed by atoms with Crippen LogP contribution in [0.25, 0.3) is 22.0 Å². The Morgan fingerprint density at radius 1 is 1.11 bits per heavy atom. The first-order valence-corrected chi connectivity index (χ1v) is 9.04. The molecular formula is C21H20ClFN2O2. The number of carbonyl (C=O) groups is 1. The number of fused-ring (bicyclic) bond motifs is 1. The fourth-order valence-corrected chi connectivity index (χ4v) is 3.07. The molecule has 0 bridgehead atoms. The highest BCUT2D eigenvalue weighted by Crippen LogP contribution is 2.34. The number of halogens is 2. The van der Waals surface area contributed by atoms with Crippen LogP contribution in [0.15, 0.2) is 48.7 Å². The van der Waals surface area contributed by atoms with E-state index in [4.69, 9.17) is 16.3 Å². The summed E-state index contributed by atoms with van der Waals surface area (Å²) in [6.07, 6.45) is 1.04. The highest BCUT2D eigenvalue weighted by Gasteiger charge is 2.16. The summed E-state index contributed by atoms with van der Waals surface area (Å²) in [7, 11) is 0. The summed E-state index contributed by atoms with van der Waals surface area (Å²) in [6, 6.07) is 11.6. The van der Waals surface area contributed by atoms with E-state index in [1.54, 1.807) is 31.3 Å². The van der Waals surface area contributed by atoms with Gasteiger partial charge in [-0.05, 0) is 62.7 Å². The first kappa shape index (κ1) is 19.1. The van der Waals surface area contributed by atoms with Crippen molar-refractivity contribution in [2.45, 2.75) is 32.9 Å². The van der Waals surface area contributed by atoms with E-state index in [9.17, 15) is 9.18 Å². The van der Waals surface area contributed by atoms with Crippen molar-refractivity contribution in [3.8, 4) is 16.9 Å². The molecule has 0 spiro atoms. The fraction of sp³-hybridized carbons (Fsp3) is 0.238. The van der Waals surface area contributed by atoms with Gasteiger partial charge in [0, 0.05) is 29.3 Å². The molecule has 3 aromatic rings. The molecule has 0 saturated heterocycles. The van der Waals surface area contributed by atoms with Crippen LogP contribution in [0.4, 0.5) is 4.39 Å². The fourth-order valence-electron chi connectivity index (χ4n) is 2.80. The summed E-state index contributed by atoms with van der Waals surface area (Å²) in [5.74, 6) is -0.0138. The summed E-state index contributed by atoms with van der Waals surface area (Å²) in [5, 5.41) is 4.01. The molecule has 27 heavy (non-hydrogen) atoms. The molecule has 0 aliphatic rings. The molecule has 0 aliphatic heterocycles. The van der Waals surface area contributed by atoms with E-state index in [2.05, 4.69) is 10.3 Å². The molecule has 4 nitrogen and oxygen atoms in total. The molecule has 1 amide bonds. The maximum atomic E-state index is 13.3. The standard InChI is InChI=1S/C21H20ClFN2O2/c1-12(2)25-21(26)13(3)27-15-5-7-18-16(8-9-24-20(18)11-15)17-6-4-14(23)10-19(17)22/h4-13H,1-3H3,(H,25,26). The molecule has 0 fully saturated rings. The molecule has 1 heterocycles. The van der Waals surface area contributed by atoms with Crippen LogP contribution >= 0.6 is 11.6 Å². The van der Waals surface area contributed by atoms with Crippen molar-refractivity contribution in [3.05, 3.63) is 59.5 Å². The third kappa shape index (κ3) is 4.37. The summed E-state index contributed by atoms with van der Waals surface area (Å²) in [4.78, 5) is 16.4. The zero-order valence-corrected chi connectivity index (χ0v) is 16.0. The average Bonchev–Trinajstić information content (AvgIpc) is 2.60. The van der Waals surface area contributed by atoms with Gasteiger partial charge in [0.1, 0.15) is 11.6 Å². The first-order valence-electron chi connectivity index (χ1n) is 8.66. The van der Waals surface area contributed by atoms with Gasteiger partial charge in [0.25, 0.3) is 5.91 Å². The number of rotatable bonds is 5. The van der Waals surface area contributed by atoms with Gasteiger partial charge in [-0.1, -0.05) is 11.6 Å². The van der Waals surface area contributed by atoms with Gasteiger partial charge in [-0.3, -0.25) is 9.78 Å². The van der Waals surface area contributed by atoms with Crippen LogP contribution in [0.2, 0.25) is 5.02 Å². The number of hydrogen-bond acceptors (Lipinski definition) is 3. The van der Waals surface area contributed by atoms with Crippen LogP contribution in [0.3, 0.4) is 0 Å². The Morgan fingerprint density at radius 3 is 2.59 bits per heavy atom. The Morgan fingerprint density at radius 2 is 1.89 bits per heavy atom. The molecule has 1 atom stereocenters. The predicted octanol–water partition coefficient (Wildman–Crippen LogP) is 4.99. The molecule has 6 heteroatoms. The van der Waals surface area contributed by atoms with Gasteiger partial charge in [-0.15, -0.1) is 0 Å². The van der Waals surface area contributed by atoms with Gasteiger partial charge in [0.2, 0.25) is 0 Å². The molecule has 1 aromatic heterocycles. The van der Waals surface area contributed by atoms with E-state index >= 15 is 0 Å². The number of nitrogens with zero attached hydrogens (tertiary/aromatic N) is 1. The smallest absolute Gasteiger partial charge is 0.260 e. The van der Waals surface area contributed by atoms with Gasteiger partial charge in [0.05, 0.1) is 10.5 Å². The van der Waals surface area contributed by atoms with Crippen LogP contribution in [0.1, 0.15) is 20.8 Å². The molecule has 0 saturated carbocycles. The van der Waals surface area contributed by atoms with Crippen LogP contribution in [-0.2, 0) is 4.79 Å². The first-order chi connectivity index (χ1) is 12.8. The molecular weight excluding hydrogens is 367 g/mol. The second kappa shape index (κ2) is 7.92. The highest BCUT2D eigenvalue weighted by atomic mass is 35.5. The number of nitrogens with one attached hydrogen (secondary N) is 1. The lowest BCUT2D eigenvalue weighted by atomic mass is 10.0. The minimum atomic E-state index is -0.625. The minimum absolute atomic E-state index is 0.0461. The lowest BCUT2D eigenvalue weighted by Crippen LogP contribution is -2.40. The molecule has 1 unspecified atom stereocenters. The van der Waals surface area contributed by atoms with Crippen molar-refractivity contribution in [1.29, 1.82) is 0 Å². The normalized spacial score (nSPS) is 12.2. The van der Waals surface area contributed by atoms with Gasteiger partial charge >= 0.3 is 0 Å². The monoisotopic (exact) mass is 386 g/mol. The number of carbonyl (C=O) groups excluding carboxylic acids is 1. The third-order valence-corrected chi connectivity index (χ3v) is 4.36. The van der Waals surface area contributed by atoms with Crippen molar-refractivity contribution in [3.63, 3.8) is 0 Å². The molecule has 0 radical (unpaired) electrons. The number of aromatic nitrogens is 1. The lowest BCUT2D eigenvalue weighted by Gasteiger charge is -2.17. The Kier molecular flexibility index (Phi) is 5.61. The molecule has 1 N–H and O–H groups in total. The van der Waals surface area contributed by atoms with E-state index in [-0.39, 0.29) is 17.8 Å². The third-order valence-electron chi connectivity index (χ3n) is 4.05. The van der Waals surface area contributed by atoms with E-state index in [1.807, 2.05) is 26.0 Å². The number of ether oxygens (including phenoxy) is 1. The molecule has 2 aromatic carbocycles. The van der Waals surface area contributed by atoms with Crippen LogP contribution in [-0.4, -0.2) is 23.0 Å². The van der Waals surface area contributed by atoms with E-state index in [0.717, 1.165) is 16.5 Å². The van der Waals surface area contributed by atoms with Crippen LogP contribution in [0, 0.1) is 5.82 Å². The Bertz CT molecular complexity index is 991. The zero-order chi connectivity index (χ0) is 19.6. The van der Waals surface area contributed by atoms with Crippen molar-refractivity contribution in [2.75, 3.05) is 0 Å². The Labute approximate surface area is 162 Å². The van der Waals surface area contributed by atoms with Crippen LogP contribution in [0.5, 0.6) is 5.75 Å².